The number of carbonyl (C=O) groups is 1. The molecule has 112 valence electrons. The lowest BCUT2D eigenvalue weighted by atomic mass is 10.2. The van der Waals surface area contributed by atoms with Gasteiger partial charge in [0.25, 0.3) is 0 Å². The lowest BCUT2D eigenvalue weighted by molar-refractivity contribution is 0.0467. The van der Waals surface area contributed by atoms with E-state index in [1.807, 2.05) is 16.9 Å². The van der Waals surface area contributed by atoms with E-state index in [1.54, 1.807) is 12.1 Å². The molecule has 2 rings (SSSR count). The van der Waals surface area contributed by atoms with Crippen LogP contribution in [0.4, 0.5) is 5.69 Å². The smallest absolute Gasteiger partial charge is 0.340 e. The summed E-state index contributed by atoms with van der Waals surface area (Å²) >= 11 is 5.96. The first-order valence-corrected chi connectivity index (χ1v) is 7.15. The van der Waals surface area contributed by atoms with Crippen molar-refractivity contribution < 1.29 is 9.53 Å². The third-order valence-corrected chi connectivity index (χ3v) is 3.60. The van der Waals surface area contributed by atoms with Crippen LogP contribution in [-0.4, -0.2) is 15.7 Å². The molecule has 6 heteroatoms. The van der Waals surface area contributed by atoms with Crippen molar-refractivity contribution in [2.24, 2.45) is 0 Å². The maximum atomic E-state index is 12.0. The number of rotatable bonds is 5. The van der Waals surface area contributed by atoms with Gasteiger partial charge in [-0.1, -0.05) is 18.5 Å². The highest BCUT2D eigenvalue weighted by atomic mass is 35.5. The van der Waals surface area contributed by atoms with Gasteiger partial charge in [-0.2, -0.15) is 5.10 Å². The molecule has 0 fully saturated rings. The van der Waals surface area contributed by atoms with E-state index < -0.39 is 5.97 Å². The van der Waals surface area contributed by atoms with E-state index in [0.29, 0.717) is 22.4 Å². The van der Waals surface area contributed by atoms with Crippen LogP contribution in [0.1, 0.15) is 42.4 Å². The molecule has 0 aliphatic rings. The lowest BCUT2D eigenvalue weighted by Gasteiger charge is -2.08. The number of esters is 1. The summed E-state index contributed by atoms with van der Waals surface area (Å²) in [6.07, 6.45) is 2.87. The first-order valence-electron chi connectivity index (χ1n) is 6.77. The largest absolute Gasteiger partial charge is 0.455 e. The van der Waals surface area contributed by atoms with Gasteiger partial charge in [0.1, 0.15) is 6.61 Å². The summed E-state index contributed by atoms with van der Waals surface area (Å²) in [6, 6.07) is 6.86. The Bertz CT molecular complexity index is 640. The van der Waals surface area contributed by atoms with Crippen LogP contribution in [-0.2, 0) is 11.3 Å². The summed E-state index contributed by atoms with van der Waals surface area (Å²) in [7, 11) is 0. The van der Waals surface area contributed by atoms with E-state index >= 15 is 0 Å². The third kappa shape index (κ3) is 3.76. The molecule has 0 aliphatic carbocycles. The average molecular weight is 308 g/mol. The Labute approximate surface area is 128 Å². The first kappa shape index (κ1) is 15.4. The fourth-order valence-corrected chi connectivity index (χ4v) is 2.00. The number of hydrogen-bond donors (Lipinski definition) is 1. The second kappa shape index (κ2) is 6.63. The molecule has 1 aromatic carbocycles. The van der Waals surface area contributed by atoms with Crippen LogP contribution in [0.15, 0.2) is 30.5 Å². The maximum Gasteiger partial charge on any atom is 0.340 e. The normalized spacial score (nSPS) is 12.1. The highest BCUT2D eigenvalue weighted by Gasteiger charge is 2.13. The maximum absolute atomic E-state index is 12.0. The molecule has 0 saturated heterocycles. The molecule has 0 bridgehead atoms. The monoisotopic (exact) mass is 307 g/mol. The number of aromatic nitrogens is 2. The molecule has 1 atom stereocenters. The molecule has 0 aliphatic heterocycles. The van der Waals surface area contributed by atoms with E-state index in [4.69, 9.17) is 22.1 Å². The van der Waals surface area contributed by atoms with Crippen molar-refractivity contribution in [2.75, 3.05) is 5.73 Å². The Morgan fingerprint density at radius 1 is 1.48 bits per heavy atom. The summed E-state index contributed by atoms with van der Waals surface area (Å²) < 4.78 is 7.08. The summed E-state index contributed by atoms with van der Waals surface area (Å²) in [5.41, 5.74) is 7.07. The molecule has 2 aromatic rings. The van der Waals surface area contributed by atoms with Crippen molar-refractivity contribution >= 4 is 23.3 Å². The predicted octanol–water partition coefficient (Wildman–Crippen LogP) is 3.45. The van der Waals surface area contributed by atoms with E-state index in [0.717, 1.165) is 6.42 Å². The van der Waals surface area contributed by atoms with Crippen LogP contribution in [0.3, 0.4) is 0 Å². The summed E-state index contributed by atoms with van der Waals surface area (Å²) in [5, 5.41) is 4.69. The van der Waals surface area contributed by atoms with Gasteiger partial charge in [-0.25, -0.2) is 4.79 Å². The van der Waals surface area contributed by atoms with Crippen molar-refractivity contribution in [1.29, 1.82) is 0 Å². The number of anilines is 1. The molecule has 1 unspecified atom stereocenters. The van der Waals surface area contributed by atoms with Crippen molar-refractivity contribution in [1.82, 2.24) is 9.78 Å². The Morgan fingerprint density at radius 2 is 2.24 bits per heavy atom. The number of hydrogen-bond acceptors (Lipinski definition) is 4. The first-order chi connectivity index (χ1) is 10.0. The van der Waals surface area contributed by atoms with Crippen LogP contribution in [0.25, 0.3) is 0 Å². The molecular formula is C15H18ClN3O2. The van der Waals surface area contributed by atoms with Gasteiger partial charge < -0.3 is 10.5 Å². The number of nitrogen functional groups attached to an aromatic ring is 1. The molecule has 0 spiro atoms. The Kier molecular flexibility index (Phi) is 4.85. The average Bonchev–Trinajstić information content (AvgIpc) is 2.95. The Morgan fingerprint density at radius 3 is 2.95 bits per heavy atom. The fourth-order valence-electron chi connectivity index (χ4n) is 1.80. The van der Waals surface area contributed by atoms with Crippen LogP contribution >= 0.6 is 11.6 Å². The van der Waals surface area contributed by atoms with Crippen molar-refractivity contribution in [3.8, 4) is 0 Å². The van der Waals surface area contributed by atoms with Crippen molar-refractivity contribution in [3.05, 3.63) is 46.7 Å². The molecular weight excluding hydrogens is 290 g/mol. The van der Waals surface area contributed by atoms with Gasteiger partial charge in [0, 0.05) is 17.9 Å². The lowest BCUT2D eigenvalue weighted by Crippen LogP contribution is -2.08. The topological polar surface area (TPSA) is 70.1 Å². The molecule has 0 radical (unpaired) electrons. The minimum Gasteiger partial charge on any atom is -0.455 e. The number of benzene rings is 1. The van der Waals surface area contributed by atoms with E-state index in [-0.39, 0.29) is 12.2 Å². The molecule has 1 heterocycles. The zero-order valence-corrected chi connectivity index (χ0v) is 12.8. The highest BCUT2D eigenvalue weighted by Crippen LogP contribution is 2.20. The van der Waals surface area contributed by atoms with Gasteiger partial charge in [0.15, 0.2) is 0 Å². The van der Waals surface area contributed by atoms with Crippen LogP contribution in [0, 0.1) is 0 Å². The van der Waals surface area contributed by atoms with E-state index in [2.05, 4.69) is 18.9 Å². The van der Waals surface area contributed by atoms with Crippen molar-refractivity contribution in [2.45, 2.75) is 32.9 Å². The standard InChI is InChI=1S/C15H18ClN3O2/c1-3-10(2)19-7-6-12(18-19)9-21-15(20)13-8-11(17)4-5-14(13)16/h4-8,10H,3,9,17H2,1-2H3. The third-order valence-electron chi connectivity index (χ3n) is 3.27. The highest BCUT2D eigenvalue weighted by molar-refractivity contribution is 6.33. The second-order valence-corrected chi connectivity index (χ2v) is 5.27. The molecule has 1 aromatic heterocycles. The summed E-state index contributed by atoms with van der Waals surface area (Å²) in [5.74, 6) is -0.509. The molecule has 0 amide bonds. The minimum absolute atomic E-state index is 0.105. The summed E-state index contributed by atoms with van der Waals surface area (Å²) in [6.45, 7) is 4.27. The molecule has 2 N–H and O–H groups in total. The summed E-state index contributed by atoms with van der Waals surface area (Å²) in [4.78, 5) is 12.0. The van der Waals surface area contributed by atoms with Crippen molar-refractivity contribution in [3.63, 3.8) is 0 Å². The number of carbonyl (C=O) groups excluding carboxylic acids is 1. The predicted molar refractivity (Wildman–Crippen MR) is 82.2 cm³/mol. The van der Waals surface area contributed by atoms with E-state index in [1.165, 1.54) is 6.07 Å². The zero-order chi connectivity index (χ0) is 15.4. The quantitative estimate of drug-likeness (QED) is 0.678. The molecule has 5 nitrogen and oxygen atoms in total. The van der Waals surface area contributed by atoms with Crippen LogP contribution < -0.4 is 5.73 Å². The Hall–Kier alpha value is -2.01. The van der Waals surface area contributed by atoms with Crippen LogP contribution in [0.5, 0.6) is 0 Å². The number of halogens is 1. The number of ether oxygens (including phenoxy) is 1. The number of nitrogens with two attached hydrogens (primary N) is 1. The molecule has 0 saturated carbocycles. The Balaban J connectivity index is 2.01. The number of nitrogens with zero attached hydrogens (tertiary/aromatic N) is 2. The molecule has 21 heavy (non-hydrogen) atoms. The van der Waals surface area contributed by atoms with Gasteiger partial charge in [0.2, 0.25) is 0 Å². The van der Waals surface area contributed by atoms with E-state index in [9.17, 15) is 4.79 Å². The SMILES string of the molecule is CCC(C)n1ccc(COC(=O)c2cc(N)ccc2Cl)n1. The van der Waals surface area contributed by atoms with Gasteiger partial charge in [-0.15, -0.1) is 0 Å². The van der Waals surface area contributed by atoms with Gasteiger partial charge in [-0.3, -0.25) is 4.68 Å². The minimum atomic E-state index is -0.509. The van der Waals surface area contributed by atoms with Crippen LogP contribution in [0.2, 0.25) is 5.02 Å². The van der Waals surface area contributed by atoms with Gasteiger partial charge in [-0.05, 0) is 37.6 Å². The fraction of sp³-hybridized carbons (Fsp3) is 0.333. The van der Waals surface area contributed by atoms with Gasteiger partial charge >= 0.3 is 5.97 Å². The second-order valence-electron chi connectivity index (χ2n) is 4.86. The van der Waals surface area contributed by atoms with Gasteiger partial charge in [0.05, 0.1) is 16.3 Å². The zero-order valence-electron chi connectivity index (χ0n) is 12.0.